The number of rotatable bonds is 3. The largest absolute Gasteiger partial charge is 0.392 e. The SMILES string of the molecule is CC1(CN[C@H]2CCC[C@@H]2O)CCCCC1. The van der Waals surface area contributed by atoms with E-state index in [2.05, 4.69) is 12.2 Å². The minimum absolute atomic E-state index is 0.0859. The van der Waals surface area contributed by atoms with E-state index in [4.69, 9.17) is 0 Å². The fourth-order valence-electron chi connectivity index (χ4n) is 3.14. The molecule has 15 heavy (non-hydrogen) atoms. The molecule has 2 nitrogen and oxygen atoms in total. The molecule has 2 fully saturated rings. The zero-order chi connectivity index (χ0) is 10.7. The summed E-state index contributed by atoms with van der Waals surface area (Å²) in [4.78, 5) is 0. The molecule has 0 unspecified atom stereocenters. The average Bonchev–Trinajstić information content (AvgIpc) is 2.62. The molecule has 0 spiro atoms. The molecule has 0 aromatic carbocycles. The van der Waals surface area contributed by atoms with E-state index < -0.39 is 0 Å². The van der Waals surface area contributed by atoms with Crippen LogP contribution in [0.4, 0.5) is 0 Å². The van der Waals surface area contributed by atoms with Crippen LogP contribution in [0.15, 0.2) is 0 Å². The molecule has 0 aromatic rings. The van der Waals surface area contributed by atoms with Gasteiger partial charge in [-0.05, 0) is 37.5 Å². The molecule has 0 radical (unpaired) electrons. The maximum absolute atomic E-state index is 9.74. The van der Waals surface area contributed by atoms with Gasteiger partial charge in [-0.2, -0.15) is 0 Å². The van der Waals surface area contributed by atoms with E-state index in [0.717, 1.165) is 19.4 Å². The molecule has 88 valence electrons. The molecule has 2 aliphatic carbocycles. The lowest BCUT2D eigenvalue weighted by Gasteiger charge is -2.35. The van der Waals surface area contributed by atoms with Crippen LogP contribution in [0, 0.1) is 5.41 Å². The number of aliphatic hydroxyl groups excluding tert-OH is 1. The van der Waals surface area contributed by atoms with Gasteiger partial charge in [0, 0.05) is 12.6 Å². The lowest BCUT2D eigenvalue weighted by atomic mass is 9.75. The lowest BCUT2D eigenvalue weighted by molar-refractivity contribution is 0.131. The van der Waals surface area contributed by atoms with Gasteiger partial charge in [-0.15, -0.1) is 0 Å². The standard InChI is InChI=1S/C13H25NO/c1-13(8-3-2-4-9-13)10-14-11-6-5-7-12(11)15/h11-12,14-15H,2-10H2,1H3/t11-,12-/m0/s1. The summed E-state index contributed by atoms with van der Waals surface area (Å²) < 4.78 is 0. The number of hydrogen-bond donors (Lipinski definition) is 2. The summed E-state index contributed by atoms with van der Waals surface area (Å²) in [6.45, 7) is 3.51. The van der Waals surface area contributed by atoms with Gasteiger partial charge in [0.05, 0.1) is 6.10 Å². The third-order valence-corrected chi connectivity index (χ3v) is 4.33. The molecule has 2 heteroatoms. The molecular weight excluding hydrogens is 186 g/mol. The van der Waals surface area contributed by atoms with Crippen LogP contribution in [0.5, 0.6) is 0 Å². The molecule has 2 saturated carbocycles. The highest BCUT2D eigenvalue weighted by Crippen LogP contribution is 2.35. The third kappa shape index (κ3) is 2.94. The van der Waals surface area contributed by atoms with Crippen LogP contribution >= 0.6 is 0 Å². The topological polar surface area (TPSA) is 32.3 Å². The molecule has 0 bridgehead atoms. The quantitative estimate of drug-likeness (QED) is 0.751. The third-order valence-electron chi connectivity index (χ3n) is 4.33. The molecule has 2 N–H and O–H groups in total. The Morgan fingerprint density at radius 2 is 1.87 bits per heavy atom. The van der Waals surface area contributed by atoms with Crippen LogP contribution in [0.1, 0.15) is 58.3 Å². The Hall–Kier alpha value is -0.0800. The van der Waals surface area contributed by atoms with E-state index in [1.54, 1.807) is 0 Å². The van der Waals surface area contributed by atoms with Crippen LogP contribution in [0.25, 0.3) is 0 Å². The van der Waals surface area contributed by atoms with Crippen LogP contribution in [-0.2, 0) is 0 Å². The molecule has 2 rings (SSSR count). The highest BCUT2D eigenvalue weighted by molar-refractivity contribution is 4.87. The second-order valence-corrected chi connectivity index (χ2v) is 5.86. The zero-order valence-electron chi connectivity index (χ0n) is 9.97. The molecular formula is C13H25NO. The zero-order valence-corrected chi connectivity index (χ0v) is 9.97. The summed E-state index contributed by atoms with van der Waals surface area (Å²) in [6.07, 6.45) is 10.2. The highest BCUT2D eigenvalue weighted by Gasteiger charge is 2.30. The number of aliphatic hydroxyl groups is 1. The Labute approximate surface area is 93.5 Å². The van der Waals surface area contributed by atoms with Gasteiger partial charge < -0.3 is 10.4 Å². The summed E-state index contributed by atoms with van der Waals surface area (Å²) in [5.41, 5.74) is 0.501. The Bertz CT molecular complexity index is 199. The van der Waals surface area contributed by atoms with Crippen molar-refractivity contribution in [3.63, 3.8) is 0 Å². The second kappa shape index (κ2) is 4.84. The van der Waals surface area contributed by atoms with Crippen molar-refractivity contribution in [2.75, 3.05) is 6.54 Å². The Morgan fingerprint density at radius 1 is 1.13 bits per heavy atom. The first-order valence-electron chi connectivity index (χ1n) is 6.61. The summed E-state index contributed by atoms with van der Waals surface area (Å²) >= 11 is 0. The highest BCUT2D eigenvalue weighted by atomic mass is 16.3. The molecule has 0 amide bonds. The van der Waals surface area contributed by atoms with Gasteiger partial charge in [-0.3, -0.25) is 0 Å². The van der Waals surface area contributed by atoms with Crippen molar-refractivity contribution < 1.29 is 5.11 Å². The van der Waals surface area contributed by atoms with E-state index >= 15 is 0 Å². The van der Waals surface area contributed by atoms with E-state index in [1.165, 1.54) is 38.5 Å². The van der Waals surface area contributed by atoms with Crippen molar-refractivity contribution >= 4 is 0 Å². The first-order chi connectivity index (χ1) is 7.20. The van der Waals surface area contributed by atoms with Gasteiger partial charge in [-0.1, -0.05) is 26.2 Å². The summed E-state index contributed by atoms with van der Waals surface area (Å²) in [5, 5.41) is 13.3. The minimum atomic E-state index is -0.0859. The number of hydrogen-bond acceptors (Lipinski definition) is 2. The monoisotopic (exact) mass is 211 g/mol. The molecule has 0 saturated heterocycles. The van der Waals surface area contributed by atoms with Crippen molar-refractivity contribution in [3.8, 4) is 0 Å². The van der Waals surface area contributed by atoms with Gasteiger partial charge in [0.2, 0.25) is 0 Å². The van der Waals surface area contributed by atoms with E-state index in [1.807, 2.05) is 0 Å². The molecule has 0 aromatic heterocycles. The van der Waals surface area contributed by atoms with Gasteiger partial charge in [0.15, 0.2) is 0 Å². The van der Waals surface area contributed by atoms with Crippen molar-refractivity contribution in [3.05, 3.63) is 0 Å². The Morgan fingerprint density at radius 3 is 2.47 bits per heavy atom. The Kier molecular flexibility index (Phi) is 3.68. The maximum atomic E-state index is 9.74. The fraction of sp³-hybridized carbons (Fsp3) is 1.00. The minimum Gasteiger partial charge on any atom is -0.392 e. The van der Waals surface area contributed by atoms with Crippen molar-refractivity contribution in [2.45, 2.75) is 70.4 Å². The second-order valence-electron chi connectivity index (χ2n) is 5.86. The van der Waals surface area contributed by atoms with E-state index in [9.17, 15) is 5.11 Å². The summed E-state index contributed by atoms with van der Waals surface area (Å²) in [5.74, 6) is 0. The smallest absolute Gasteiger partial charge is 0.0693 e. The predicted octanol–water partition coefficient (Wildman–Crippen LogP) is 2.46. The fourth-order valence-corrected chi connectivity index (χ4v) is 3.14. The van der Waals surface area contributed by atoms with Crippen molar-refractivity contribution in [2.24, 2.45) is 5.41 Å². The molecule has 2 aliphatic rings. The lowest BCUT2D eigenvalue weighted by Crippen LogP contribution is -2.42. The van der Waals surface area contributed by atoms with Crippen LogP contribution < -0.4 is 5.32 Å². The molecule has 0 heterocycles. The van der Waals surface area contributed by atoms with Gasteiger partial charge >= 0.3 is 0 Å². The summed E-state index contributed by atoms with van der Waals surface area (Å²) in [7, 11) is 0. The van der Waals surface area contributed by atoms with Crippen molar-refractivity contribution in [1.29, 1.82) is 0 Å². The predicted molar refractivity (Wildman–Crippen MR) is 62.8 cm³/mol. The normalized spacial score (nSPS) is 35.6. The van der Waals surface area contributed by atoms with Gasteiger partial charge in [0.1, 0.15) is 0 Å². The molecule has 0 aliphatic heterocycles. The van der Waals surface area contributed by atoms with Crippen LogP contribution in [0.3, 0.4) is 0 Å². The van der Waals surface area contributed by atoms with Crippen LogP contribution in [0.2, 0.25) is 0 Å². The molecule has 2 atom stereocenters. The first-order valence-corrected chi connectivity index (χ1v) is 6.61. The van der Waals surface area contributed by atoms with E-state index in [0.29, 0.717) is 11.5 Å². The van der Waals surface area contributed by atoms with Gasteiger partial charge in [0.25, 0.3) is 0 Å². The summed E-state index contributed by atoms with van der Waals surface area (Å²) in [6, 6.07) is 0.378. The maximum Gasteiger partial charge on any atom is 0.0693 e. The number of nitrogens with one attached hydrogen (secondary N) is 1. The van der Waals surface area contributed by atoms with E-state index in [-0.39, 0.29) is 6.10 Å². The average molecular weight is 211 g/mol. The van der Waals surface area contributed by atoms with Crippen LogP contribution in [-0.4, -0.2) is 23.8 Å². The first kappa shape index (κ1) is 11.4. The van der Waals surface area contributed by atoms with Crippen molar-refractivity contribution in [1.82, 2.24) is 5.32 Å². The van der Waals surface area contributed by atoms with Gasteiger partial charge in [-0.25, -0.2) is 0 Å². The Balaban J connectivity index is 1.76.